The number of piperidine rings is 1. The Bertz CT molecular complexity index is 1910. The molecule has 2 N–H and O–H groups in total. The Morgan fingerprint density at radius 1 is 1.15 bits per heavy atom. The summed E-state index contributed by atoms with van der Waals surface area (Å²) in [6.07, 6.45) is 5.94. The Morgan fingerprint density at radius 2 is 2.00 bits per heavy atom. The van der Waals surface area contributed by atoms with E-state index in [1.165, 1.54) is 0 Å². The normalized spacial score (nSPS) is 26.5. The molecule has 8 heterocycles. The highest BCUT2D eigenvalue weighted by Crippen LogP contribution is 2.44. The van der Waals surface area contributed by atoms with E-state index in [4.69, 9.17) is 31.0 Å². The Morgan fingerprint density at radius 3 is 2.88 bits per heavy atom. The smallest absolute Gasteiger partial charge is 0.407 e. The van der Waals surface area contributed by atoms with Gasteiger partial charge in [-0.3, -0.25) is 15.0 Å². The minimum absolute atomic E-state index is 0.00605. The van der Waals surface area contributed by atoms with Gasteiger partial charge in [-0.15, -0.1) is 0 Å². The molecule has 1 aromatic carbocycles. The van der Waals surface area contributed by atoms with Gasteiger partial charge < -0.3 is 24.6 Å². The van der Waals surface area contributed by atoms with Crippen LogP contribution in [0.2, 0.25) is 5.02 Å². The number of alkyl carbamates (subject to hydrolysis) is 1. The molecule has 1 amide bonds. The molecule has 5 aliphatic heterocycles. The van der Waals surface area contributed by atoms with Crippen LogP contribution in [0.3, 0.4) is 0 Å². The van der Waals surface area contributed by atoms with E-state index in [0.717, 1.165) is 32.2 Å². The fourth-order valence-corrected chi connectivity index (χ4v) is 8.54. The van der Waals surface area contributed by atoms with Gasteiger partial charge in [-0.05, 0) is 51.6 Å². The largest absolute Gasteiger partial charge is 0.461 e. The van der Waals surface area contributed by atoms with E-state index in [1.54, 1.807) is 18.5 Å². The molecule has 5 aliphatic rings. The summed E-state index contributed by atoms with van der Waals surface area (Å²) in [7, 11) is 1.85. The van der Waals surface area contributed by atoms with E-state index >= 15 is 4.39 Å². The summed E-state index contributed by atoms with van der Waals surface area (Å²) in [6.45, 7) is 5.03. The zero-order chi connectivity index (χ0) is 33.2. The monoisotopic (exact) mass is 681 g/mol. The zero-order valence-corrected chi connectivity index (χ0v) is 27.7. The van der Waals surface area contributed by atoms with Crippen LogP contribution < -0.4 is 19.9 Å². The highest BCUT2D eigenvalue weighted by Gasteiger charge is 2.49. The second-order valence-corrected chi connectivity index (χ2v) is 14.3. The molecule has 15 heteroatoms. The summed E-state index contributed by atoms with van der Waals surface area (Å²) in [5, 5.41) is 11.6. The van der Waals surface area contributed by atoms with Gasteiger partial charge in [-0.1, -0.05) is 11.6 Å². The fourth-order valence-electron chi connectivity index (χ4n) is 8.19. The predicted molar refractivity (Wildman–Crippen MR) is 178 cm³/mol. The number of carbonyl (C=O) groups is 1. The molecule has 9 rings (SSSR count). The number of halogens is 3. The molecule has 254 valence electrons. The summed E-state index contributed by atoms with van der Waals surface area (Å²) in [6, 6.07) is 1.76. The van der Waals surface area contributed by atoms with Crippen molar-refractivity contribution in [2.75, 3.05) is 62.8 Å². The van der Waals surface area contributed by atoms with Gasteiger partial charge in [0.2, 0.25) is 0 Å². The minimum atomic E-state index is -0.918. The van der Waals surface area contributed by atoms with Crippen LogP contribution in [0.1, 0.15) is 45.4 Å². The van der Waals surface area contributed by atoms with Gasteiger partial charge in [0.05, 0.1) is 45.5 Å². The molecular weight excluding hydrogens is 644 g/mol. The van der Waals surface area contributed by atoms with Gasteiger partial charge >= 0.3 is 12.1 Å². The molecule has 3 atom stereocenters. The van der Waals surface area contributed by atoms with Gasteiger partial charge in [0.1, 0.15) is 29.8 Å². The molecular formula is C33H38ClF2N9O3. The van der Waals surface area contributed by atoms with E-state index in [1.807, 2.05) is 23.8 Å². The van der Waals surface area contributed by atoms with Crippen LogP contribution in [0.5, 0.6) is 6.01 Å². The number of hydrogen-bond donors (Lipinski definition) is 2. The maximum absolute atomic E-state index is 17.2. The van der Waals surface area contributed by atoms with Gasteiger partial charge in [-0.2, -0.15) is 15.1 Å². The van der Waals surface area contributed by atoms with Crippen LogP contribution in [-0.2, 0) is 4.74 Å². The van der Waals surface area contributed by atoms with Crippen molar-refractivity contribution in [1.29, 1.82) is 0 Å². The number of rotatable bonds is 3. The maximum atomic E-state index is 17.2. The molecule has 0 saturated carbocycles. The van der Waals surface area contributed by atoms with Crippen LogP contribution in [0, 0.1) is 5.82 Å². The zero-order valence-electron chi connectivity index (χ0n) is 27.0. The van der Waals surface area contributed by atoms with Crippen molar-refractivity contribution in [3.05, 3.63) is 29.3 Å². The first-order valence-corrected chi connectivity index (χ1v) is 17.0. The Hall–Kier alpha value is -4.04. The third kappa shape index (κ3) is 5.33. The molecule has 3 saturated heterocycles. The van der Waals surface area contributed by atoms with Crippen molar-refractivity contribution >= 4 is 51.0 Å². The predicted octanol–water partition coefficient (Wildman–Crippen LogP) is 5.24. The number of nitrogens with zero attached hydrogens (tertiary/aromatic N) is 7. The quantitative estimate of drug-likeness (QED) is 0.297. The van der Waals surface area contributed by atoms with Gasteiger partial charge in [0, 0.05) is 56.8 Å². The van der Waals surface area contributed by atoms with Crippen LogP contribution in [-0.4, -0.2) is 106 Å². The molecule has 0 radical (unpaired) electrons. The van der Waals surface area contributed by atoms with Crippen LogP contribution in [0.25, 0.3) is 33.1 Å². The van der Waals surface area contributed by atoms with Crippen LogP contribution in [0.15, 0.2) is 18.5 Å². The molecule has 0 unspecified atom stereocenters. The molecule has 6 bridgehead atoms. The third-order valence-corrected chi connectivity index (χ3v) is 10.7. The number of hydrogen-bond acceptors (Lipinski definition) is 10. The van der Waals surface area contributed by atoms with Gasteiger partial charge in [0.25, 0.3) is 0 Å². The number of alkyl halides is 1. The standard InChI is InChI=1S/C33H38ClF2N9O3/c1-32-6-3-9-44(17-32)29-21-14-37-27(25(36)26(21)39-30(40-29)48-18-33-7-4-10-45(33)16-19(35)13-33)24-20-15-38-42-23(20)12-22(34)28(24)43(2)8-5-11-47-31(46)41-32/h12,14-15,19H,3-11,13,16-18H2,1-2H3,(H,38,42)(H,41,46)/t19-,32-,33+/m1/s1. The van der Waals surface area contributed by atoms with Crippen molar-refractivity contribution in [1.82, 2.24) is 35.4 Å². The number of pyridine rings is 1. The number of anilines is 2. The number of carbonyl (C=O) groups excluding carboxylic acids is 1. The first-order chi connectivity index (χ1) is 23.1. The summed E-state index contributed by atoms with van der Waals surface area (Å²) in [5.41, 5.74) is 0.686. The fraction of sp³-hybridized carbons (Fsp3) is 0.545. The van der Waals surface area contributed by atoms with E-state index in [0.29, 0.717) is 77.4 Å². The minimum Gasteiger partial charge on any atom is -0.461 e. The second-order valence-electron chi connectivity index (χ2n) is 13.9. The van der Waals surface area contributed by atoms with E-state index in [2.05, 4.69) is 25.4 Å². The van der Waals surface area contributed by atoms with Gasteiger partial charge in [0.15, 0.2) is 5.82 Å². The van der Waals surface area contributed by atoms with Crippen molar-refractivity contribution < 1.29 is 23.0 Å². The lowest BCUT2D eigenvalue weighted by atomic mass is 9.91. The first-order valence-electron chi connectivity index (χ1n) is 16.6. The number of amides is 1. The molecule has 0 aliphatic carbocycles. The van der Waals surface area contributed by atoms with E-state index < -0.39 is 29.2 Å². The third-order valence-electron chi connectivity index (χ3n) is 10.4. The van der Waals surface area contributed by atoms with E-state index in [9.17, 15) is 9.18 Å². The Labute approximate surface area is 281 Å². The van der Waals surface area contributed by atoms with Crippen molar-refractivity contribution in [3.63, 3.8) is 0 Å². The SMILES string of the molecule is CN1CCCOC(=O)N[C@]2(C)CCCN(C2)c2nc(OC[C@@]34CCCN3C[C@H](F)C4)nc3c(F)c(ncc23)-c2c1c(Cl)cc1[nH]ncc21. The number of H-pyrrole nitrogens is 1. The molecule has 0 spiro atoms. The average molecular weight is 682 g/mol. The highest BCUT2D eigenvalue weighted by molar-refractivity contribution is 6.35. The summed E-state index contributed by atoms with van der Waals surface area (Å²) >= 11 is 6.86. The molecule has 3 aromatic heterocycles. The average Bonchev–Trinajstić information content (AvgIpc) is 3.75. The van der Waals surface area contributed by atoms with Gasteiger partial charge in [-0.25, -0.2) is 13.6 Å². The first kappa shape index (κ1) is 31.2. The molecule has 48 heavy (non-hydrogen) atoms. The van der Waals surface area contributed by atoms with Crippen LogP contribution >= 0.6 is 11.6 Å². The number of aromatic amines is 1. The summed E-state index contributed by atoms with van der Waals surface area (Å²) < 4.78 is 43.6. The summed E-state index contributed by atoms with van der Waals surface area (Å²) in [5.74, 6) is -0.197. The molecule has 12 nitrogen and oxygen atoms in total. The number of aromatic nitrogens is 5. The van der Waals surface area contributed by atoms with Crippen molar-refractivity contribution in [2.24, 2.45) is 0 Å². The number of benzene rings is 1. The van der Waals surface area contributed by atoms with E-state index in [-0.39, 0.29) is 30.4 Å². The summed E-state index contributed by atoms with van der Waals surface area (Å²) in [4.78, 5) is 33.2. The Kier molecular flexibility index (Phi) is 7.70. The second kappa shape index (κ2) is 11.8. The Balaban J connectivity index is 1.31. The van der Waals surface area contributed by atoms with Crippen molar-refractivity contribution in [2.45, 2.75) is 62.7 Å². The molecule has 4 aromatic rings. The maximum Gasteiger partial charge on any atom is 0.407 e. The molecule has 3 fully saturated rings. The number of fused-ring (bicyclic) bond motifs is 9. The lowest BCUT2D eigenvalue weighted by molar-refractivity contribution is 0.107. The lowest BCUT2D eigenvalue weighted by Crippen LogP contribution is -2.57. The van der Waals surface area contributed by atoms with Crippen molar-refractivity contribution in [3.8, 4) is 17.3 Å². The number of nitrogens with one attached hydrogen (secondary N) is 2. The topological polar surface area (TPSA) is 125 Å². The number of ether oxygens (including phenoxy) is 2. The lowest BCUT2D eigenvalue weighted by Gasteiger charge is -2.41. The van der Waals surface area contributed by atoms with Crippen LogP contribution in [0.4, 0.5) is 25.1 Å². The highest BCUT2D eigenvalue weighted by atomic mass is 35.5.